The van der Waals surface area contributed by atoms with E-state index in [-0.39, 0.29) is 43.6 Å². The fourth-order valence-electron chi connectivity index (χ4n) is 5.20. The van der Waals surface area contributed by atoms with Crippen LogP contribution in [0.25, 0.3) is 22.2 Å². The van der Waals surface area contributed by atoms with Gasteiger partial charge in [-0.3, -0.25) is 4.79 Å². The highest BCUT2D eigenvalue weighted by molar-refractivity contribution is 5.83. The highest BCUT2D eigenvalue weighted by atomic mass is 16.3. The van der Waals surface area contributed by atoms with E-state index in [1.54, 1.807) is 16.4 Å². The van der Waals surface area contributed by atoms with Crippen LogP contribution in [0.4, 0.5) is 11.8 Å². The second-order valence-electron chi connectivity index (χ2n) is 9.59. The minimum atomic E-state index is -1.35. The van der Waals surface area contributed by atoms with Crippen molar-refractivity contribution >= 4 is 39.9 Å². The Hall–Kier alpha value is -3.77. The van der Waals surface area contributed by atoms with Crippen LogP contribution in [0.5, 0.6) is 0 Å². The number of nitrogen functional groups attached to an aromatic ring is 2. The Labute approximate surface area is 207 Å². The van der Waals surface area contributed by atoms with Crippen LogP contribution < -0.4 is 11.5 Å². The van der Waals surface area contributed by atoms with Crippen molar-refractivity contribution in [2.45, 2.75) is 57.4 Å². The monoisotopic (exact) mass is 493 g/mol. The number of nitrogens with zero attached hydrogens (tertiary/aromatic N) is 7. The molecule has 1 fully saturated rings. The maximum absolute atomic E-state index is 13.4. The number of aromatic nitrogens is 6. The standard InChI is InChI=1S/C24H31N9O3/c1-3-18-28-15-6-4-5-7-16(15)32(18)9-8-19(35)31-11-14(34)10-24(2,36)17(12-31)33-13-27-20-21(25)29-23(26)30-22(20)33/h4-7,13-14,17,34,36H,3,8-12H2,1-2H3,(H4,25,26,29,30)/t14-,17+,24+/m0/s1. The predicted molar refractivity (Wildman–Crippen MR) is 135 cm³/mol. The number of nitrogens with two attached hydrogens (primary N) is 2. The molecule has 6 N–H and O–H groups in total. The third kappa shape index (κ3) is 4.22. The quantitative estimate of drug-likeness (QED) is 0.314. The summed E-state index contributed by atoms with van der Waals surface area (Å²) < 4.78 is 3.74. The molecular weight excluding hydrogens is 462 g/mol. The van der Waals surface area contributed by atoms with E-state index in [2.05, 4.69) is 24.5 Å². The molecule has 0 unspecified atom stereocenters. The van der Waals surface area contributed by atoms with Crippen LogP contribution in [-0.2, 0) is 17.8 Å². The molecule has 0 aliphatic carbocycles. The molecule has 4 aromatic rings. The van der Waals surface area contributed by atoms with E-state index in [0.29, 0.717) is 17.7 Å². The summed E-state index contributed by atoms with van der Waals surface area (Å²) in [5, 5.41) is 22.0. The first-order valence-corrected chi connectivity index (χ1v) is 12.1. The SMILES string of the molecule is CCc1nc2ccccc2n1CCC(=O)N1C[C@@H](O)C[C@@](C)(O)[C@H](n2cnc3c(N)nc(N)nc32)C1. The molecule has 3 atom stereocenters. The Morgan fingerprint density at radius 3 is 2.75 bits per heavy atom. The molecule has 1 aliphatic heterocycles. The van der Waals surface area contributed by atoms with Gasteiger partial charge in [0.2, 0.25) is 11.9 Å². The molecule has 0 bridgehead atoms. The van der Waals surface area contributed by atoms with Crippen molar-refractivity contribution in [3.8, 4) is 0 Å². The lowest BCUT2D eigenvalue weighted by Gasteiger charge is -2.34. The van der Waals surface area contributed by atoms with Crippen molar-refractivity contribution in [3.63, 3.8) is 0 Å². The molecule has 36 heavy (non-hydrogen) atoms. The van der Waals surface area contributed by atoms with Crippen LogP contribution in [0.3, 0.4) is 0 Å². The second-order valence-corrected chi connectivity index (χ2v) is 9.59. The Bertz CT molecular complexity index is 1430. The number of hydrogen-bond acceptors (Lipinski definition) is 9. The number of amides is 1. The van der Waals surface area contributed by atoms with E-state index >= 15 is 0 Å². The number of carbonyl (C=O) groups is 1. The number of imidazole rings is 2. The summed E-state index contributed by atoms with van der Waals surface area (Å²) in [5.74, 6) is 0.911. The Morgan fingerprint density at radius 2 is 1.97 bits per heavy atom. The largest absolute Gasteiger partial charge is 0.391 e. The van der Waals surface area contributed by atoms with E-state index in [9.17, 15) is 15.0 Å². The average Bonchev–Trinajstić information content (AvgIpc) is 3.37. The van der Waals surface area contributed by atoms with Crippen molar-refractivity contribution < 1.29 is 15.0 Å². The summed E-state index contributed by atoms with van der Waals surface area (Å²) in [7, 11) is 0. The van der Waals surface area contributed by atoms with E-state index in [4.69, 9.17) is 11.5 Å². The summed E-state index contributed by atoms with van der Waals surface area (Å²) in [4.78, 5) is 32.2. The van der Waals surface area contributed by atoms with Gasteiger partial charge in [-0.2, -0.15) is 9.97 Å². The van der Waals surface area contributed by atoms with E-state index in [1.807, 2.05) is 31.2 Å². The number of aliphatic hydroxyl groups is 2. The van der Waals surface area contributed by atoms with Crippen LogP contribution in [0.15, 0.2) is 30.6 Å². The van der Waals surface area contributed by atoms with Gasteiger partial charge >= 0.3 is 0 Å². The number of hydrogen-bond donors (Lipinski definition) is 4. The van der Waals surface area contributed by atoms with Gasteiger partial charge in [-0.1, -0.05) is 19.1 Å². The molecule has 0 saturated carbocycles. The number of fused-ring (bicyclic) bond motifs is 2. The van der Waals surface area contributed by atoms with Gasteiger partial charge in [-0.15, -0.1) is 0 Å². The molecule has 1 aliphatic rings. The van der Waals surface area contributed by atoms with Gasteiger partial charge in [0, 0.05) is 38.9 Å². The lowest BCUT2D eigenvalue weighted by Crippen LogP contribution is -2.42. The highest BCUT2D eigenvalue weighted by Crippen LogP contribution is 2.34. The minimum absolute atomic E-state index is 0.0118. The second kappa shape index (κ2) is 9.03. The van der Waals surface area contributed by atoms with Gasteiger partial charge in [0.05, 0.1) is 35.1 Å². The Morgan fingerprint density at radius 1 is 1.19 bits per heavy atom. The van der Waals surface area contributed by atoms with Crippen LogP contribution in [0.2, 0.25) is 0 Å². The molecule has 4 heterocycles. The fourth-order valence-corrected chi connectivity index (χ4v) is 5.20. The third-order valence-corrected chi connectivity index (χ3v) is 6.94. The van der Waals surface area contributed by atoms with Crippen LogP contribution in [0.1, 0.15) is 38.6 Å². The van der Waals surface area contributed by atoms with Crippen molar-refractivity contribution in [1.82, 2.24) is 34.0 Å². The van der Waals surface area contributed by atoms with Crippen molar-refractivity contribution in [1.29, 1.82) is 0 Å². The van der Waals surface area contributed by atoms with Gasteiger partial charge in [-0.25, -0.2) is 9.97 Å². The molecule has 3 aromatic heterocycles. The topological polar surface area (TPSA) is 174 Å². The molecule has 0 radical (unpaired) electrons. The molecular formula is C24H31N9O3. The Kier molecular flexibility index (Phi) is 6.00. The number of para-hydroxylation sites is 2. The summed E-state index contributed by atoms with van der Waals surface area (Å²) >= 11 is 0. The van der Waals surface area contributed by atoms with Gasteiger partial charge in [0.1, 0.15) is 11.3 Å². The molecule has 190 valence electrons. The van der Waals surface area contributed by atoms with E-state index in [1.165, 1.54) is 6.33 Å². The number of rotatable bonds is 5. The number of aliphatic hydroxyl groups excluding tert-OH is 1. The molecule has 12 heteroatoms. The Balaban J connectivity index is 1.43. The van der Waals surface area contributed by atoms with E-state index < -0.39 is 17.7 Å². The summed E-state index contributed by atoms with van der Waals surface area (Å²) in [6, 6.07) is 7.22. The summed E-state index contributed by atoms with van der Waals surface area (Å²) in [6.45, 7) is 4.41. The van der Waals surface area contributed by atoms with Gasteiger partial charge in [0.25, 0.3) is 0 Å². The third-order valence-electron chi connectivity index (χ3n) is 6.94. The zero-order valence-electron chi connectivity index (χ0n) is 20.4. The number of benzene rings is 1. The van der Waals surface area contributed by atoms with Gasteiger partial charge in [0.15, 0.2) is 11.5 Å². The highest BCUT2D eigenvalue weighted by Gasteiger charge is 2.42. The summed E-state index contributed by atoms with van der Waals surface area (Å²) in [6.07, 6.45) is 1.66. The van der Waals surface area contributed by atoms with Crippen molar-refractivity contribution in [2.75, 3.05) is 24.6 Å². The number of aryl methyl sites for hydroxylation is 2. The van der Waals surface area contributed by atoms with Crippen LogP contribution >= 0.6 is 0 Å². The summed E-state index contributed by atoms with van der Waals surface area (Å²) in [5.41, 5.74) is 13.0. The molecule has 1 aromatic carbocycles. The molecule has 1 saturated heterocycles. The maximum atomic E-state index is 13.4. The zero-order chi connectivity index (χ0) is 25.6. The van der Waals surface area contributed by atoms with Crippen LogP contribution in [-0.4, -0.2) is 74.9 Å². The zero-order valence-corrected chi connectivity index (χ0v) is 20.4. The van der Waals surface area contributed by atoms with Crippen molar-refractivity contribution in [3.05, 3.63) is 36.4 Å². The first-order chi connectivity index (χ1) is 17.2. The number of β-amino-alcohol motifs (C(OH)–C–C–N with tert-alkyl or cyclic N) is 1. The van der Waals surface area contributed by atoms with E-state index in [0.717, 1.165) is 23.3 Å². The smallest absolute Gasteiger partial charge is 0.224 e. The lowest BCUT2D eigenvalue weighted by atomic mass is 9.91. The van der Waals surface area contributed by atoms with Crippen LogP contribution in [0, 0.1) is 0 Å². The lowest BCUT2D eigenvalue weighted by molar-refractivity contribution is -0.133. The first kappa shape index (κ1) is 23.9. The predicted octanol–water partition coefficient (Wildman–Crippen LogP) is 0.878. The molecule has 1 amide bonds. The molecule has 5 rings (SSSR count). The number of carbonyl (C=O) groups excluding carboxylic acids is 1. The molecule has 12 nitrogen and oxygen atoms in total. The minimum Gasteiger partial charge on any atom is -0.391 e. The van der Waals surface area contributed by atoms with Gasteiger partial charge < -0.3 is 35.7 Å². The van der Waals surface area contributed by atoms with Crippen molar-refractivity contribution in [2.24, 2.45) is 0 Å². The fraction of sp³-hybridized carbons (Fsp3) is 0.458. The number of likely N-dealkylation sites (tertiary alicyclic amines) is 1. The van der Waals surface area contributed by atoms with Gasteiger partial charge in [-0.05, 0) is 19.1 Å². The normalized spacial score (nSPS) is 22.8. The first-order valence-electron chi connectivity index (χ1n) is 12.1. The maximum Gasteiger partial charge on any atom is 0.224 e. The average molecular weight is 494 g/mol. The number of anilines is 2. The molecule has 0 spiro atoms.